The molecule has 1 saturated carbocycles. The van der Waals surface area contributed by atoms with Crippen LogP contribution in [-0.4, -0.2) is 24.6 Å². The minimum Gasteiger partial charge on any atom is -0.257 e. The molecule has 0 aromatic heterocycles. The highest BCUT2D eigenvalue weighted by Crippen LogP contribution is 2.35. The Morgan fingerprint density at radius 3 is 2.28 bits per heavy atom. The van der Waals surface area contributed by atoms with Gasteiger partial charge in [0, 0.05) is 12.1 Å². The Labute approximate surface area is 152 Å². The van der Waals surface area contributed by atoms with Gasteiger partial charge in [0.25, 0.3) is 0 Å². The molecule has 1 aliphatic heterocycles. The van der Waals surface area contributed by atoms with Crippen molar-refractivity contribution < 1.29 is 8.42 Å². The van der Waals surface area contributed by atoms with Gasteiger partial charge in [-0.3, -0.25) is 4.99 Å². The number of hydrogen-bond acceptors (Lipinski definition) is 3. The molecule has 0 N–H and O–H groups in total. The smallest absolute Gasteiger partial charge is 0.155 e. The SMILES string of the molecule is CC(C)(C)S(=O)(=O)CC1CCC(C2=NC(c3ccccc3)=CC2)CC1. The van der Waals surface area contributed by atoms with E-state index in [-0.39, 0.29) is 0 Å². The van der Waals surface area contributed by atoms with Gasteiger partial charge in [0.1, 0.15) is 0 Å². The summed E-state index contributed by atoms with van der Waals surface area (Å²) in [5.74, 6) is 1.17. The second-order valence-corrected chi connectivity index (χ2v) is 11.2. The Balaban J connectivity index is 1.57. The summed E-state index contributed by atoms with van der Waals surface area (Å²) in [7, 11) is -3.02. The molecule has 0 spiro atoms. The Morgan fingerprint density at radius 1 is 1.04 bits per heavy atom. The largest absolute Gasteiger partial charge is 0.257 e. The van der Waals surface area contributed by atoms with Crippen molar-refractivity contribution in [3.63, 3.8) is 0 Å². The average Bonchev–Trinajstić information content (AvgIpc) is 3.05. The van der Waals surface area contributed by atoms with E-state index in [1.165, 1.54) is 11.3 Å². The topological polar surface area (TPSA) is 46.5 Å². The van der Waals surface area contributed by atoms with Crippen LogP contribution < -0.4 is 0 Å². The molecule has 0 bridgehead atoms. The molecule has 25 heavy (non-hydrogen) atoms. The van der Waals surface area contributed by atoms with Crippen molar-refractivity contribution in [2.75, 3.05) is 5.75 Å². The van der Waals surface area contributed by atoms with E-state index in [0.717, 1.165) is 37.8 Å². The molecule has 0 radical (unpaired) electrons. The number of benzene rings is 1. The predicted octanol–water partition coefficient (Wildman–Crippen LogP) is 4.89. The summed E-state index contributed by atoms with van der Waals surface area (Å²) in [6.45, 7) is 5.41. The van der Waals surface area contributed by atoms with E-state index in [4.69, 9.17) is 4.99 Å². The van der Waals surface area contributed by atoms with Gasteiger partial charge < -0.3 is 0 Å². The number of allylic oxidation sites excluding steroid dienone is 1. The molecule has 3 rings (SSSR count). The maximum atomic E-state index is 12.4. The van der Waals surface area contributed by atoms with Crippen molar-refractivity contribution in [2.24, 2.45) is 16.8 Å². The molecule has 0 atom stereocenters. The lowest BCUT2D eigenvalue weighted by atomic mass is 9.80. The van der Waals surface area contributed by atoms with Crippen LogP contribution >= 0.6 is 0 Å². The standard InChI is InChI=1S/C21H29NO2S/c1-21(2,3)25(23,24)15-16-9-11-18(12-10-16)20-14-13-19(22-20)17-7-5-4-6-8-17/h4-8,13,16,18H,9-12,14-15H2,1-3H3. The van der Waals surface area contributed by atoms with Gasteiger partial charge in [-0.2, -0.15) is 0 Å². The first-order valence-corrected chi connectivity index (χ1v) is 11.0. The Morgan fingerprint density at radius 2 is 1.68 bits per heavy atom. The van der Waals surface area contributed by atoms with E-state index in [0.29, 0.717) is 17.6 Å². The molecule has 1 aliphatic carbocycles. The lowest BCUT2D eigenvalue weighted by Gasteiger charge is -2.30. The zero-order valence-corrected chi connectivity index (χ0v) is 16.3. The molecule has 0 amide bonds. The van der Waals surface area contributed by atoms with Gasteiger partial charge in [0.05, 0.1) is 16.2 Å². The fourth-order valence-electron chi connectivity index (χ4n) is 3.72. The van der Waals surface area contributed by atoms with Crippen LogP contribution in [0, 0.1) is 11.8 Å². The normalized spacial score (nSPS) is 24.8. The second kappa shape index (κ2) is 7.06. The lowest BCUT2D eigenvalue weighted by Crippen LogP contribution is -2.34. The molecular formula is C21H29NO2S. The maximum Gasteiger partial charge on any atom is 0.155 e. The Kier molecular flexibility index (Phi) is 5.19. The summed E-state index contributed by atoms with van der Waals surface area (Å²) in [5.41, 5.74) is 3.56. The molecule has 0 unspecified atom stereocenters. The van der Waals surface area contributed by atoms with Crippen LogP contribution in [0.3, 0.4) is 0 Å². The second-order valence-electron chi connectivity index (χ2n) is 8.37. The van der Waals surface area contributed by atoms with Crippen molar-refractivity contribution in [2.45, 2.75) is 57.6 Å². The van der Waals surface area contributed by atoms with Crippen molar-refractivity contribution in [3.8, 4) is 0 Å². The van der Waals surface area contributed by atoms with Gasteiger partial charge >= 0.3 is 0 Å². The zero-order valence-electron chi connectivity index (χ0n) is 15.5. The van der Waals surface area contributed by atoms with Crippen molar-refractivity contribution in [3.05, 3.63) is 42.0 Å². The van der Waals surface area contributed by atoms with Crippen molar-refractivity contribution in [1.29, 1.82) is 0 Å². The van der Waals surface area contributed by atoms with Crippen LogP contribution in [0.5, 0.6) is 0 Å². The van der Waals surface area contributed by atoms with E-state index in [9.17, 15) is 8.42 Å². The van der Waals surface area contributed by atoms with E-state index in [1.54, 1.807) is 20.8 Å². The first kappa shape index (κ1) is 18.4. The lowest BCUT2D eigenvalue weighted by molar-refractivity contribution is 0.342. The van der Waals surface area contributed by atoms with Gasteiger partial charge in [-0.05, 0) is 63.9 Å². The highest BCUT2D eigenvalue weighted by molar-refractivity contribution is 7.92. The van der Waals surface area contributed by atoms with E-state index >= 15 is 0 Å². The van der Waals surface area contributed by atoms with Crippen molar-refractivity contribution in [1.82, 2.24) is 0 Å². The molecule has 3 nitrogen and oxygen atoms in total. The fraction of sp³-hybridized carbons (Fsp3) is 0.571. The van der Waals surface area contributed by atoms with Gasteiger partial charge in [0.15, 0.2) is 9.84 Å². The third kappa shape index (κ3) is 4.22. The van der Waals surface area contributed by atoms with E-state index in [1.807, 2.05) is 18.2 Å². The average molecular weight is 360 g/mol. The number of nitrogens with zero attached hydrogens (tertiary/aromatic N) is 1. The highest BCUT2D eigenvalue weighted by atomic mass is 32.2. The zero-order chi connectivity index (χ0) is 18.1. The third-order valence-electron chi connectivity index (χ3n) is 5.54. The third-order valence-corrected chi connectivity index (χ3v) is 8.32. The van der Waals surface area contributed by atoms with Crippen LogP contribution in [0.2, 0.25) is 0 Å². The maximum absolute atomic E-state index is 12.4. The van der Waals surface area contributed by atoms with E-state index in [2.05, 4.69) is 18.2 Å². The quantitative estimate of drug-likeness (QED) is 0.768. The fourth-order valence-corrected chi connectivity index (χ4v) is 5.17. The predicted molar refractivity (Wildman–Crippen MR) is 105 cm³/mol. The van der Waals surface area contributed by atoms with Crippen LogP contribution in [0.1, 0.15) is 58.4 Å². The molecule has 2 aliphatic rings. The summed E-state index contributed by atoms with van der Waals surface area (Å²) in [6.07, 6.45) is 7.30. The van der Waals surface area contributed by atoms with Crippen LogP contribution in [0.4, 0.5) is 0 Å². The molecule has 136 valence electrons. The minimum absolute atomic E-state index is 0.309. The summed E-state index contributed by atoms with van der Waals surface area (Å²) in [6, 6.07) is 10.3. The molecule has 1 fully saturated rings. The first-order valence-electron chi connectivity index (χ1n) is 9.31. The van der Waals surface area contributed by atoms with Crippen LogP contribution in [0.15, 0.2) is 41.4 Å². The molecule has 1 aromatic rings. The van der Waals surface area contributed by atoms with Crippen molar-refractivity contribution >= 4 is 21.2 Å². The molecule has 1 aromatic carbocycles. The van der Waals surface area contributed by atoms with Gasteiger partial charge in [-0.15, -0.1) is 0 Å². The molecule has 4 heteroatoms. The number of aliphatic imine (C=N–C) groups is 1. The van der Waals surface area contributed by atoms with E-state index < -0.39 is 14.6 Å². The first-order chi connectivity index (χ1) is 11.8. The summed E-state index contributed by atoms with van der Waals surface area (Å²) >= 11 is 0. The van der Waals surface area contributed by atoms with Crippen LogP contribution in [-0.2, 0) is 9.84 Å². The summed E-state index contributed by atoms with van der Waals surface area (Å²) in [5, 5.41) is 0. The van der Waals surface area contributed by atoms with Gasteiger partial charge in [-0.25, -0.2) is 8.42 Å². The minimum atomic E-state index is -3.02. The summed E-state index contributed by atoms with van der Waals surface area (Å²) < 4.78 is 24.2. The van der Waals surface area contributed by atoms with Crippen LogP contribution in [0.25, 0.3) is 5.70 Å². The number of hydrogen-bond donors (Lipinski definition) is 0. The molecule has 0 saturated heterocycles. The Hall–Kier alpha value is -1.42. The summed E-state index contributed by atoms with van der Waals surface area (Å²) in [4.78, 5) is 4.88. The highest BCUT2D eigenvalue weighted by Gasteiger charge is 2.34. The van der Waals surface area contributed by atoms with Gasteiger partial charge in [0.2, 0.25) is 0 Å². The number of rotatable bonds is 4. The molecular weight excluding hydrogens is 330 g/mol. The monoisotopic (exact) mass is 359 g/mol. The molecule has 1 heterocycles. The number of sulfone groups is 1. The Bertz CT molecular complexity index is 762. The van der Waals surface area contributed by atoms with Gasteiger partial charge in [-0.1, -0.05) is 36.4 Å².